The highest BCUT2D eigenvalue weighted by molar-refractivity contribution is 7.90. The second-order valence-corrected chi connectivity index (χ2v) is 9.77. The van der Waals surface area contributed by atoms with E-state index in [1.807, 2.05) is 68.1 Å². The number of benzene rings is 2. The summed E-state index contributed by atoms with van der Waals surface area (Å²) in [5.74, 6) is 0.428. The molecule has 0 bridgehead atoms. The van der Waals surface area contributed by atoms with E-state index >= 15 is 0 Å². The van der Waals surface area contributed by atoms with Gasteiger partial charge in [0.1, 0.15) is 5.75 Å². The van der Waals surface area contributed by atoms with Gasteiger partial charge in [0.2, 0.25) is 0 Å². The second kappa shape index (κ2) is 8.98. The fourth-order valence-electron chi connectivity index (χ4n) is 3.39. The first-order chi connectivity index (χ1) is 14.6. The number of methoxy groups -OCH3 is 1. The average Bonchev–Trinajstić information content (AvgIpc) is 3.14. The van der Waals surface area contributed by atoms with Crippen LogP contribution in [0, 0.1) is 6.92 Å². The second-order valence-electron chi connectivity index (χ2n) is 7.76. The minimum Gasteiger partial charge on any atom is -0.497 e. The molecule has 0 amide bonds. The number of sulfone groups is 1. The molecule has 7 heteroatoms. The maximum absolute atomic E-state index is 12.4. The summed E-state index contributed by atoms with van der Waals surface area (Å²) in [6.07, 6.45) is 4.83. The Kier molecular flexibility index (Phi) is 6.55. The van der Waals surface area contributed by atoms with Crippen LogP contribution in [0.15, 0.2) is 59.8 Å². The van der Waals surface area contributed by atoms with Crippen LogP contribution < -0.4 is 4.74 Å². The van der Waals surface area contributed by atoms with Crippen molar-refractivity contribution in [2.45, 2.75) is 38.2 Å². The largest absolute Gasteiger partial charge is 0.497 e. The zero-order chi connectivity index (χ0) is 22.8. The van der Waals surface area contributed by atoms with Crippen LogP contribution in [0.2, 0.25) is 0 Å². The molecule has 31 heavy (non-hydrogen) atoms. The van der Waals surface area contributed by atoms with E-state index in [0.29, 0.717) is 0 Å². The van der Waals surface area contributed by atoms with Crippen molar-refractivity contribution in [1.29, 1.82) is 0 Å². The van der Waals surface area contributed by atoms with Crippen LogP contribution in [0.3, 0.4) is 0 Å². The molecule has 0 aliphatic carbocycles. The SMILES string of the molecule is COc1ccc(-c2cc(S(C)(=O)=O)cc(-n3ccc(CC(=O)OC(C)C)c3)c2C)cc1. The van der Waals surface area contributed by atoms with Crippen LogP contribution in [0.5, 0.6) is 5.75 Å². The molecular formula is C24H27NO5S. The molecule has 0 spiro atoms. The van der Waals surface area contributed by atoms with E-state index in [4.69, 9.17) is 9.47 Å². The van der Waals surface area contributed by atoms with Gasteiger partial charge in [-0.3, -0.25) is 4.79 Å². The lowest BCUT2D eigenvalue weighted by Crippen LogP contribution is -2.13. The third-order valence-electron chi connectivity index (χ3n) is 4.93. The number of ether oxygens (including phenoxy) is 2. The Balaban J connectivity index is 2.07. The van der Waals surface area contributed by atoms with Crippen LogP contribution in [-0.2, 0) is 25.8 Å². The van der Waals surface area contributed by atoms with Crippen molar-refractivity contribution in [3.8, 4) is 22.6 Å². The first-order valence-electron chi connectivity index (χ1n) is 9.94. The van der Waals surface area contributed by atoms with Crippen molar-refractivity contribution in [2.75, 3.05) is 13.4 Å². The Morgan fingerprint density at radius 2 is 1.77 bits per heavy atom. The van der Waals surface area contributed by atoms with E-state index in [1.54, 1.807) is 19.2 Å². The van der Waals surface area contributed by atoms with Crippen LogP contribution in [-0.4, -0.2) is 38.4 Å². The molecule has 0 saturated heterocycles. The van der Waals surface area contributed by atoms with Gasteiger partial charge in [-0.1, -0.05) is 12.1 Å². The van der Waals surface area contributed by atoms with Gasteiger partial charge in [0, 0.05) is 24.3 Å². The van der Waals surface area contributed by atoms with E-state index in [0.717, 1.165) is 33.7 Å². The van der Waals surface area contributed by atoms with Gasteiger partial charge in [-0.15, -0.1) is 0 Å². The summed E-state index contributed by atoms with van der Waals surface area (Å²) < 4.78 is 37.0. The molecule has 3 aromatic rings. The summed E-state index contributed by atoms with van der Waals surface area (Å²) in [4.78, 5) is 12.2. The van der Waals surface area contributed by atoms with Crippen molar-refractivity contribution in [3.05, 3.63) is 66.0 Å². The van der Waals surface area contributed by atoms with Crippen LogP contribution in [0.25, 0.3) is 16.8 Å². The summed E-state index contributed by atoms with van der Waals surface area (Å²) in [5, 5.41) is 0. The van der Waals surface area contributed by atoms with Crippen molar-refractivity contribution < 1.29 is 22.7 Å². The smallest absolute Gasteiger partial charge is 0.310 e. The van der Waals surface area contributed by atoms with Gasteiger partial charge >= 0.3 is 5.97 Å². The van der Waals surface area contributed by atoms with Crippen molar-refractivity contribution >= 4 is 15.8 Å². The number of nitrogens with zero attached hydrogens (tertiary/aromatic N) is 1. The fraction of sp³-hybridized carbons (Fsp3) is 0.292. The Morgan fingerprint density at radius 3 is 2.35 bits per heavy atom. The highest BCUT2D eigenvalue weighted by atomic mass is 32.2. The van der Waals surface area contributed by atoms with Crippen LogP contribution in [0.4, 0.5) is 0 Å². The molecule has 164 valence electrons. The van der Waals surface area contributed by atoms with Gasteiger partial charge in [0.25, 0.3) is 0 Å². The molecule has 0 atom stereocenters. The first-order valence-corrected chi connectivity index (χ1v) is 11.8. The topological polar surface area (TPSA) is 74.6 Å². The summed E-state index contributed by atoms with van der Waals surface area (Å²) in [6, 6.07) is 12.7. The average molecular weight is 442 g/mol. The third kappa shape index (κ3) is 5.35. The van der Waals surface area contributed by atoms with Crippen molar-refractivity contribution in [2.24, 2.45) is 0 Å². The highest BCUT2D eigenvalue weighted by Gasteiger charge is 2.17. The number of rotatable bonds is 7. The molecule has 0 radical (unpaired) electrons. The summed E-state index contributed by atoms with van der Waals surface area (Å²) in [7, 11) is -1.83. The predicted molar refractivity (Wildman–Crippen MR) is 121 cm³/mol. The molecule has 0 saturated carbocycles. The number of carbonyl (C=O) groups excluding carboxylic acids is 1. The van der Waals surface area contributed by atoms with Crippen LogP contribution in [0.1, 0.15) is 25.0 Å². The summed E-state index contributed by atoms with van der Waals surface area (Å²) in [5.41, 5.74) is 4.15. The maximum Gasteiger partial charge on any atom is 0.310 e. The summed E-state index contributed by atoms with van der Waals surface area (Å²) >= 11 is 0. The van der Waals surface area contributed by atoms with Gasteiger partial charge in [-0.2, -0.15) is 0 Å². The molecule has 0 unspecified atom stereocenters. The standard InChI is InChI=1S/C24H27NO5S/c1-16(2)30-24(26)12-18-10-11-25(15-18)23-14-21(31(5,27)28)13-22(17(23)3)19-6-8-20(29-4)9-7-19/h6-11,13-16H,12H2,1-5H3. The van der Waals surface area contributed by atoms with E-state index in [2.05, 4.69) is 0 Å². The molecule has 0 aliphatic heterocycles. The van der Waals surface area contributed by atoms with Crippen LogP contribution >= 0.6 is 0 Å². The van der Waals surface area contributed by atoms with E-state index in [9.17, 15) is 13.2 Å². The molecule has 6 nitrogen and oxygen atoms in total. The van der Waals surface area contributed by atoms with Gasteiger partial charge in [-0.05, 0) is 73.4 Å². The van der Waals surface area contributed by atoms with Gasteiger partial charge in [-0.25, -0.2) is 8.42 Å². The molecule has 3 rings (SSSR count). The number of aromatic nitrogens is 1. The Hall–Kier alpha value is -3.06. The molecule has 0 N–H and O–H groups in total. The molecule has 2 aromatic carbocycles. The minimum absolute atomic E-state index is 0.154. The Labute approximate surface area is 183 Å². The molecule has 0 fully saturated rings. The number of esters is 1. The van der Waals surface area contributed by atoms with Crippen molar-refractivity contribution in [1.82, 2.24) is 4.57 Å². The lowest BCUT2D eigenvalue weighted by molar-refractivity contribution is -0.146. The number of hydrogen-bond acceptors (Lipinski definition) is 5. The normalized spacial score (nSPS) is 11.5. The lowest BCUT2D eigenvalue weighted by Gasteiger charge is -2.15. The quantitative estimate of drug-likeness (QED) is 0.509. The fourth-order valence-corrected chi connectivity index (χ4v) is 4.05. The molecule has 1 heterocycles. The zero-order valence-corrected chi connectivity index (χ0v) is 19.2. The lowest BCUT2D eigenvalue weighted by atomic mass is 9.99. The Morgan fingerprint density at radius 1 is 1.10 bits per heavy atom. The van der Waals surface area contributed by atoms with Gasteiger partial charge in [0.05, 0.1) is 24.5 Å². The highest BCUT2D eigenvalue weighted by Crippen LogP contribution is 2.32. The molecule has 0 aliphatic rings. The van der Waals surface area contributed by atoms with Gasteiger partial charge in [0.15, 0.2) is 9.84 Å². The van der Waals surface area contributed by atoms with E-state index in [1.165, 1.54) is 6.26 Å². The Bertz CT molecular complexity index is 1190. The molecular weight excluding hydrogens is 414 g/mol. The first kappa shape index (κ1) is 22.6. The predicted octanol–water partition coefficient (Wildman–Crippen LogP) is 4.36. The summed E-state index contributed by atoms with van der Waals surface area (Å²) in [6.45, 7) is 5.57. The monoisotopic (exact) mass is 441 g/mol. The number of hydrogen-bond donors (Lipinski definition) is 0. The number of carbonyl (C=O) groups is 1. The molecule has 1 aromatic heterocycles. The van der Waals surface area contributed by atoms with E-state index in [-0.39, 0.29) is 23.4 Å². The van der Waals surface area contributed by atoms with Crippen molar-refractivity contribution in [3.63, 3.8) is 0 Å². The van der Waals surface area contributed by atoms with E-state index < -0.39 is 9.84 Å². The minimum atomic E-state index is -3.43. The third-order valence-corrected chi connectivity index (χ3v) is 6.02. The van der Waals surface area contributed by atoms with Gasteiger partial charge < -0.3 is 14.0 Å². The maximum atomic E-state index is 12.4. The zero-order valence-electron chi connectivity index (χ0n) is 18.4.